The van der Waals surface area contributed by atoms with E-state index < -0.39 is 7.26 Å². The van der Waals surface area contributed by atoms with Crippen LogP contribution in [0.1, 0.15) is 11.1 Å². The lowest BCUT2D eigenvalue weighted by molar-refractivity contribution is 0.588. The largest absolute Gasteiger partial charge is 0.415 e. The Balaban J connectivity index is 1.60. The molecule has 0 aliphatic heterocycles. The number of aromatic nitrogens is 1. The van der Waals surface area contributed by atoms with Gasteiger partial charge in [-0.1, -0.05) is 103 Å². The first-order valence-electron chi connectivity index (χ1n) is 13.2. The lowest BCUT2D eigenvalue weighted by Gasteiger charge is -2.25. The van der Waals surface area contributed by atoms with Gasteiger partial charge in [-0.05, 0) is 61.0 Å². The van der Waals surface area contributed by atoms with Crippen LogP contribution in [0.5, 0.6) is 0 Å². The molecule has 0 aliphatic carbocycles. The van der Waals surface area contributed by atoms with Gasteiger partial charge in [-0.2, -0.15) is 10.1 Å². The van der Waals surface area contributed by atoms with Crippen LogP contribution in [-0.4, -0.2) is 11.2 Å². The third-order valence-electron chi connectivity index (χ3n) is 6.84. The van der Waals surface area contributed by atoms with E-state index in [0.29, 0.717) is 11.8 Å². The van der Waals surface area contributed by atoms with E-state index in [0.717, 1.165) is 16.6 Å². The second-order valence-corrected chi connectivity index (χ2v) is 12.8. The van der Waals surface area contributed by atoms with Crippen LogP contribution in [0, 0.1) is 6.92 Å². The fourth-order valence-corrected chi connectivity index (χ4v) is 9.03. The van der Waals surface area contributed by atoms with Crippen molar-refractivity contribution >= 4 is 40.7 Å². The van der Waals surface area contributed by atoms with E-state index >= 15 is 0 Å². The maximum Gasteiger partial charge on any atom is 0.280 e. The molecule has 0 saturated carbocycles. The zero-order valence-corrected chi connectivity index (χ0v) is 23.1. The molecule has 6 rings (SSSR count). The minimum Gasteiger partial charge on any atom is -0.415 e. The SMILES string of the molecule is Cc1ccc(/C=N\Nc2oc(-c3ccccc3)nc2[P+](c2ccccc2)(c2ccccc2)c2ccccc2)cc1. The Kier molecular flexibility index (Phi) is 7.34. The number of rotatable bonds is 8. The molecule has 0 bridgehead atoms. The van der Waals surface area contributed by atoms with E-state index in [9.17, 15) is 0 Å². The lowest BCUT2D eigenvalue weighted by Crippen LogP contribution is -2.40. The topological polar surface area (TPSA) is 50.4 Å². The van der Waals surface area contributed by atoms with E-state index in [1.807, 2.05) is 48.7 Å². The average molecular weight is 539 g/mol. The minimum absolute atomic E-state index is 0.534. The molecule has 0 saturated heterocycles. The summed E-state index contributed by atoms with van der Waals surface area (Å²) >= 11 is 0. The average Bonchev–Trinajstić information content (AvgIpc) is 3.45. The molecular weight excluding hydrogens is 509 g/mol. The summed E-state index contributed by atoms with van der Waals surface area (Å²) in [4.78, 5) is 5.27. The molecule has 1 aromatic heterocycles. The van der Waals surface area contributed by atoms with Crippen molar-refractivity contribution in [1.29, 1.82) is 0 Å². The Bertz CT molecular complexity index is 1600. The second-order valence-electron chi connectivity index (χ2n) is 9.50. The van der Waals surface area contributed by atoms with Crippen molar-refractivity contribution in [2.45, 2.75) is 6.92 Å². The molecule has 0 fully saturated rings. The number of aryl methyl sites for hydroxylation is 1. The summed E-state index contributed by atoms with van der Waals surface area (Å²) in [5.74, 6) is 1.09. The van der Waals surface area contributed by atoms with E-state index in [2.05, 4.69) is 121 Å². The number of benzene rings is 5. The van der Waals surface area contributed by atoms with Crippen molar-refractivity contribution in [2.75, 3.05) is 5.43 Å². The summed E-state index contributed by atoms with van der Waals surface area (Å²) < 4.78 is 6.52. The molecule has 5 aromatic carbocycles. The third kappa shape index (κ3) is 4.98. The summed E-state index contributed by atoms with van der Waals surface area (Å²) in [6, 6.07) is 50.2. The predicted molar refractivity (Wildman–Crippen MR) is 169 cm³/mol. The molecule has 0 unspecified atom stereocenters. The zero-order valence-electron chi connectivity index (χ0n) is 22.2. The quantitative estimate of drug-likeness (QED) is 0.133. The summed E-state index contributed by atoms with van der Waals surface area (Å²) in [5, 5.41) is 8.17. The van der Waals surface area contributed by atoms with Gasteiger partial charge in [0.2, 0.25) is 5.89 Å². The van der Waals surface area contributed by atoms with Crippen LogP contribution in [0.25, 0.3) is 11.5 Å². The van der Waals surface area contributed by atoms with Crippen molar-refractivity contribution in [3.63, 3.8) is 0 Å². The van der Waals surface area contributed by atoms with Gasteiger partial charge in [0.05, 0.1) is 6.21 Å². The van der Waals surface area contributed by atoms with Gasteiger partial charge in [-0.15, -0.1) is 0 Å². The van der Waals surface area contributed by atoms with Gasteiger partial charge >= 0.3 is 0 Å². The van der Waals surface area contributed by atoms with Gasteiger partial charge < -0.3 is 4.42 Å². The van der Waals surface area contributed by atoms with E-state index in [4.69, 9.17) is 9.40 Å². The molecule has 4 nitrogen and oxygen atoms in total. The first kappa shape index (κ1) is 25.5. The monoisotopic (exact) mass is 538 g/mol. The van der Waals surface area contributed by atoms with E-state index in [1.165, 1.54) is 21.5 Å². The fourth-order valence-electron chi connectivity index (χ4n) is 4.90. The summed E-state index contributed by atoms with van der Waals surface area (Å²) in [5.41, 5.74) is 7.21. The molecule has 194 valence electrons. The highest BCUT2D eigenvalue weighted by Gasteiger charge is 2.53. The molecule has 0 radical (unpaired) electrons. The van der Waals surface area contributed by atoms with Crippen LogP contribution >= 0.6 is 7.26 Å². The summed E-state index contributed by atoms with van der Waals surface area (Å²) in [6.45, 7) is 2.07. The number of hydrogen-bond acceptors (Lipinski definition) is 4. The molecule has 0 amide bonds. The molecule has 1 N–H and O–H groups in total. The molecule has 6 aromatic rings. The van der Waals surface area contributed by atoms with Crippen LogP contribution in [0.2, 0.25) is 0 Å². The number of nitrogens with one attached hydrogen (secondary N) is 1. The Morgan fingerprint density at radius 3 is 1.60 bits per heavy atom. The maximum absolute atomic E-state index is 6.52. The van der Waals surface area contributed by atoms with Crippen LogP contribution in [0.3, 0.4) is 0 Å². The van der Waals surface area contributed by atoms with Gasteiger partial charge in [0.25, 0.3) is 11.3 Å². The first-order valence-corrected chi connectivity index (χ1v) is 15.0. The minimum atomic E-state index is -2.50. The number of hydrazone groups is 1. The van der Waals surface area contributed by atoms with E-state index in [-0.39, 0.29) is 0 Å². The molecule has 5 heteroatoms. The number of hydrogen-bond donors (Lipinski definition) is 1. The number of nitrogens with zero attached hydrogens (tertiary/aromatic N) is 2. The van der Waals surface area contributed by atoms with Crippen molar-refractivity contribution in [2.24, 2.45) is 5.10 Å². The third-order valence-corrected chi connectivity index (χ3v) is 11.0. The normalized spacial score (nSPS) is 11.5. The molecule has 0 aliphatic rings. The van der Waals surface area contributed by atoms with Gasteiger partial charge in [-0.25, -0.2) is 5.43 Å². The molecule has 1 heterocycles. The standard InChI is InChI=1S/C35H29N3OP/c1-27-22-24-28(25-23-27)26-36-38-34-35(37-33(39-34)29-14-6-2-7-15-29)40(30-16-8-3-9-17-30,31-18-10-4-11-19-31)32-20-12-5-13-21-32/h2-26,38H,1H3/q+1/b36-26-. The van der Waals surface area contributed by atoms with E-state index in [1.54, 1.807) is 0 Å². The fraction of sp³-hybridized carbons (Fsp3) is 0.0286. The number of anilines is 1. The molecule has 0 atom stereocenters. The summed E-state index contributed by atoms with van der Waals surface area (Å²) in [6.07, 6.45) is 1.81. The maximum atomic E-state index is 6.52. The smallest absolute Gasteiger partial charge is 0.280 e. The molecular formula is C35H29N3OP+. The second kappa shape index (κ2) is 11.5. The van der Waals surface area contributed by atoms with Crippen molar-refractivity contribution < 1.29 is 4.42 Å². The van der Waals surface area contributed by atoms with Crippen LogP contribution in [0.4, 0.5) is 5.88 Å². The number of oxazole rings is 1. The lowest BCUT2D eigenvalue weighted by atomic mass is 10.2. The zero-order chi connectivity index (χ0) is 27.2. The Morgan fingerprint density at radius 1 is 0.625 bits per heavy atom. The van der Waals surface area contributed by atoms with Gasteiger partial charge in [0, 0.05) is 5.56 Å². The highest BCUT2D eigenvalue weighted by Crippen LogP contribution is 2.55. The summed E-state index contributed by atoms with van der Waals surface area (Å²) in [7, 11) is -2.50. The first-order chi connectivity index (χ1) is 19.7. The van der Waals surface area contributed by atoms with Crippen molar-refractivity contribution in [3.8, 4) is 11.5 Å². The van der Waals surface area contributed by atoms with Crippen molar-refractivity contribution in [3.05, 3.63) is 157 Å². The van der Waals surface area contributed by atoms with Gasteiger partial charge in [0.1, 0.15) is 15.9 Å². The molecule has 40 heavy (non-hydrogen) atoms. The van der Waals surface area contributed by atoms with Crippen LogP contribution in [-0.2, 0) is 0 Å². The Morgan fingerprint density at radius 2 is 1.10 bits per heavy atom. The van der Waals surface area contributed by atoms with Gasteiger partial charge in [-0.3, -0.25) is 0 Å². The van der Waals surface area contributed by atoms with Gasteiger partial charge in [0.15, 0.2) is 7.26 Å². The van der Waals surface area contributed by atoms with Crippen molar-refractivity contribution in [1.82, 2.24) is 4.98 Å². The van der Waals surface area contributed by atoms with Crippen LogP contribution < -0.4 is 26.8 Å². The predicted octanol–water partition coefficient (Wildman–Crippen LogP) is 6.72. The Hall–Kier alpha value is -4.79. The Labute approximate surface area is 235 Å². The highest BCUT2D eigenvalue weighted by molar-refractivity contribution is 8.01. The van der Waals surface area contributed by atoms with Crippen LogP contribution in [0.15, 0.2) is 155 Å². The highest BCUT2D eigenvalue weighted by atomic mass is 31.2. The molecule has 0 spiro atoms.